The van der Waals surface area contributed by atoms with Crippen LogP contribution >= 0.6 is 0 Å². The first kappa shape index (κ1) is 24.1. The van der Waals surface area contributed by atoms with Gasteiger partial charge in [-0.2, -0.15) is 5.10 Å². The van der Waals surface area contributed by atoms with Crippen molar-refractivity contribution in [3.8, 4) is 11.6 Å². The van der Waals surface area contributed by atoms with Gasteiger partial charge in [-0.05, 0) is 13.0 Å². The van der Waals surface area contributed by atoms with Gasteiger partial charge in [0, 0.05) is 30.1 Å². The minimum absolute atomic E-state index is 0.00112. The minimum atomic E-state index is -2.33. The summed E-state index contributed by atoms with van der Waals surface area (Å²) in [4.78, 5) is 27.5. The maximum atomic E-state index is 14.4. The normalized spacial score (nSPS) is 17.6. The topological polar surface area (TPSA) is 184 Å². The number of ether oxygens (including phenoxy) is 2. The van der Waals surface area contributed by atoms with Crippen molar-refractivity contribution in [3.63, 3.8) is 0 Å². The Bertz CT molecular complexity index is 1500. The summed E-state index contributed by atoms with van der Waals surface area (Å²) in [7, 11) is 1.45. The Labute approximate surface area is 207 Å². The molecule has 0 aliphatic carbocycles. The van der Waals surface area contributed by atoms with E-state index >= 15 is 0 Å². The van der Waals surface area contributed by atoms with Crippen LogP contribution in [0.15, 0.2) is 41.2 Å². The summed E-state index contributed by atoms with van der Waals surface area (Å²) < 4.78 is 31.4. The molecule has 1 aliphatic rings. The van der Waals surface area contributed by atoms with Gasteiger partial charge in [0.25, 0.3) is 11.8 Å². The van der Waals surface area contributed by atoms with Gasteiger partial charge in [0.15, 0.2) is 28.9 Å². The molecule has 2 amide bonds. The van der Waals surface area contributed by atoms with Crippen molar-refractivity contribution in [2.75, 3.05) is 36.2 Å². The van der Waals surface area contributed by atoms with E-state index in [4.69, 9.17) is 19.7 Å². The van der Waals surface area contributed by atoms with E-state index in [-0.39, 0.29) is 47.3 Å². The molecule has 3 aromatic heterocycles. The molecule has 0 radical (unpaired) electrons. The molecule has 14 nitrogen and oxygen atoms in total. The van der Waals surface area contributed by atoms with Crippen molar-refractivity contribution in [2.24, 2.45) is 0 Å². The lowest BCUT2D eigenvalue weighted by Gasteiger charge is -2.37. The standard InChI is InChI=1S/C22H21FN8O6/c1-22(34,21(33)26-11-7-13(23)17-14(8-11)37-29-19(17)24)18-20(32)30(5-6-36-18)15-3-4-31(28-15)12-9-16(35-2)27-25-10-12/h3-4,7-10,18,34H,5-6H2,1-2H3,(H2,24,29)(H,26,33). The van der Waals surface area contributed by atoms with Gasteiger partial charge >= 0.3 is 0 Å². The van der Waals surface area contributed by atoms with Crippen molar-refractivity contribution in [1.29, 1.82) is 0 Å². The number of nitrogen functional groups attached to an aromatic ring is 1. The van der Waals surface area contributed by atoms with Crippen LogP contribution in [-0.4, -0.2) is 74.0 Å². The maximum absolute atomic E-state index is 14.4. The van der Waals surface area contributed by atoms with Gasteiger partial charge in [-0.3, -0.25) is 14.5 Å². The van der Waals surface area contributed by atoms with E-state index in [1.807, 2.05) is 0 Å². The number of hydrogen-bond donors (Lipinski definition) is 3. The van der Waals surface area contributed by atoms with Gasteiger partial charge in [0.05, 0.1) is 32.1 Å². The van der Waals surface area contributed by atoms with E-state index in [1.54, 1.807) is 18.3 Å². The van der Waals surface area contributed by atoms with Gasteiger partial charge in [-0.15, -0.1) is 10.2 Å². The number of carbonyl (C=O) groups excluding carboxylic acids is 2. The third kappa shape index (κ3) is 4.30. The zero-order valence-corrected chi connectivity index (χ0v) is 19.6. The zero-order chi connectivity index (χ0) is 26.3. The number of nitrogens with two attached hydrogens (primary N) is 1. The fourth-order valence-corrected chi connectivity index (χ4v) is 3.87. The average Bonchev–Trinajstić information content (AvgIpc) is 3.51. The molecule has 4 heterocycles. The highest BCUT2D eigenvalue weighted by atomic mass is 19.1. The highest BCUT2D eigenvalue weighted by Gasteiger charge is 2.49. The van der Waals surface area contributed by atoms with Crippen molar-refractivity contribution in [1.82, 2.24) is 25.1 Å². The number of halogens is 1. The summed E-state index contributed by atoms with van der Waals surface area (Å²) in [5.74, 6) is -2.06. The van der Waals surface area contributed by atoms with Crippen LogP contribution in [0.2, 0.25) is 0 Å². The van der Waals surface area contributed by atoms with Crippen LogP contribution in [0.3, 0.4) is 0 Å². The SMILES string of the molecule is COc1cc(-n2ccc(N3CCOC(C(C)(O)C(=O)Nc4cc(F)c5c(N)noc5c4)C3=O)n2)cnn1. The lowest BCUT2D eigenvalue weighted by atomic mass is 9.95. The van der Waals surface area contributed by atoms with E-state index in [0.29, 0.717) is 5.69 Å². The fraction of sp³-hybridized carbons (Fsp3) is 0.273. The lowest BCUT2D eigenvalue weighted by Crippen LogP contribution is -2.61. The fourth-order valence-electron chi connectivity index (χ4n) is 3.87. The Morgan fingerprint density at radius 2 is 2.19 bits per heavy atom. The second kappa shape index (κ2) is 9.11. The summed E-state index contributed by atoms with van der Waals surface area (Å²) >= 11 is 0. The van der Waals surface area contributed by atoms with E-state index in [2.05, 4.69) is 25.8 Å². The number of anilines is 3. The number of rotatable bonds is 6. The maximum Gasteiger partial charge on any atom is 0.260 e. The second-order valence-corrected chi connectivity index (χ2v) is 8.32. The predicted molar refractivity (Wildman–Crippen MR) is 125 cm³/mol. The number of nitrogens with zero attached hydrogens (tertiary/aromatic N) is 6. The predicted octanol–water partition coefficient (Wildman–Crippen LogP) is 0.655. The molecule has 1 aromatic carbocycles. The third-order valence-electron chi connectivity index (χ3n) is 5.81. The Hall–Kier alpha value is -4.63. The molecule has 2 unspecified atom stereocenters. The van der Waals surface area contributed by atoms with E-state index in [9.17, 15) is 19.1 Å². The number of fused-ring (bicyclic) bond motifs is 1. The zero-order valence-electron chi connectivity index (χ0n) is 19.6. The largest absolute Gasteiger partial charge is 0.480 e. The summed E-state index contributed by atoms with van der Waals surface area (Å²) in [5, 5.41) is 28.9. The van der Waals surface area contributed by atoms with Gasteiger partial charge < -0.3 is 30.2 Å². The molecule has 0 spiro atoms. The van der Waals surface area contributed by atoms with Crippen LogP contribution in [0.5, 0.6) is 5.88 Å². The van der Waals surface area contributed by atoms with Gasteiger partial charge in [0.2, 0.25) is 5.88 Å². The van der Waals surface area contributed by atoms with E-state index in [1.165, 1.54) is 29.0 Å². The average molecular weight is 512 g/mol. The number of benzene rings is 1. The van der Waals surface area contributed by atoms with Crippen LogP contribution in [0.1, 0.15) is 6.92 Å². The van der Waals surface area contributed by atoms with Gasteiger partial charge in [-0.1, -0.05) is 5.16 Å². The molecule has 4 aromatic rings. The molecule has 0 bridgehead atoms. The molecular weight excluding hydrogens is 491 g/mol. The molecule has 5 rings (SSSR count). The first-order chi connectivity index (χ1) is 17.7. The van der Waals surface area contributed by atoms with Crippen molar-refractivity contribution < 1.29 is 33.1 Å². The number of aliphatic hydroxyl groups is 1. The number of carbonyl (C=O) groups is 2. The number of nitrogens with one attached hydrogen (secondary N) is 1. The molecule has 1 aliphatic heterocycles. The Morgan fingerprint density at radius 3 is 2.97 bits per heavy atom. The smallest absolute Gasteiger partial charge is 0.260 e. The van der Waals surface area contributed by atoms with Crippen molar-refractivity contribution in [2.45, 2.75) is 18.6 Å². The number of hydrogen-bond acceptors (Lipinski definition) is 11. The molecule has 1 fully saturated rings. The Morgan fingerprint density at radius 1 is 1.38 bits per heavy atom. The van der Waals surface area contributed by atoms with Gasteiger partial charge in [0.1, 0.15) is 11.2 Å². The molecule has 1 saturated heterocycles. The second-order valence-electron chi connectivity index (χ2n) is 8.32. The first-order valence-corrected chi connectivity index (χ1v) is 10.9. The van der Waals surface area contributed by atoms with Crippen molar-refractivity contribution in [3.05, 3.63) is 42.5 Å². The summed E-state index contributed by atoms with van der Waals surface area (Å²) in [6.45, 7) is 1.29. The van der Waals surface area contributed by atoms with Crippen LogP contribution in [0, 0.1) is 5.82 Å². The Kier molecular flexibility index (Phi) is 5.93. The van der Waals surface area contributed by atoms with Gasteiger partial charge in [-0.25, -0.2) is 9.07 Å². The third-order valence-corrected chi connectivity index (χ3v) is 5.81. The van der Waals surface area contributed by atoms with Crippen LogP contribution in [0.4, 0.5) is 21.7 Å². The van der Waals surface area contributed by atoms with Crippen LogP contribution < -0.4 is 20.7 Å². The Balaban J connectivity index is 1.35. The quantitative estimate of drug-likeness (QED) is 0.330. The highest BCUT2D eigenvalue weighted by Crippen LogP contribution is 2.29. The lowest BCUT2D eigenvalue weighted by molar-refractivity contribution is -0.165. The molecule has 15 heteroatoms. The molecular formula is C22H21FN8O6. The number of methoxy groups -OCH3 is 1. The first-order valence-electron chi connectivity index (χ1n) is 10.9. The number of morpholine rings is 1. The summed E-state index contributed by atoms with van der Waals surface area (Å²) in [5.41, 5.74) is 3.75. The summed E-state index contributed by atoms with van der Waals surface area (Å²) in [6, 6.07) is 5.48. The molecule has 4 N–H and O–H groups in total. The number of amides is 2. The minimum Gasteiger partial charge on any atom is -0.480 e. The van der Waals surface area contributed by atoms with E-state index < -0.39 is 29.3 Å². The van der Waals surface area contributed by atoms with Crippen molar-refractivity contribution >= 4 is 40.1 Å². The molecule has 192 valence electrons. The molecule has 0 saturated carbocycles. The van der Waals surface area contributed by atoms with E-state index in [0.717, 1.165) is 13.0 Å². The van der Waals surface area contributed by atoms with Crippen LogP contribution in [0.25, 0.3) is 16.7 Å². The molecule has 37 heavy (non-hydrogen) atoms. The summed E-state index contributed by atoms with van der Waals surface area (Å²) in [6.07, 6.45) is 1.50. The monoisotopic (exact) mass is 512 g/mol. The number of aromatic nitrogens is 5. The molecule has 2 atom stereocenters. The highest BCUT2D eigenvalue weighted by molar-refractivity contribution is 6.06. The van der Waals surface area contributed by atoms with Crippen LogP contribution in [-0.2, 0) is 14.3 Å².